The van der Waals surface area contributed by atoms with Crippen molar-refractivity contribution in [2.24, 2.45) is 0 Å². The smallest absolute Gasteiger partial charge is 0.337 e. The predicted octanol–water partition coefficient (Wildman–Crippen LogP) is -1.05. The van der Waals surface area contributed by atoms with E-state index in [1.807, 2.05) is 0 Å². The molecule has 98 valence electrons. The van der Waals surface area contributed by atoms with Crippen molar-refractivity contribution >= 4 is 11.9 Å². The van der Waals surface area contributed by atoms with Crippen LogP contribution in [0.3, 0.4) is 0 Å². The van der Waals surface area contributed by atoms with Crippen LogP contribution in [0.4, 0.5) is 0 Å². The number of esters is 2. The lowest BCUT2D eigenvalue weighted by atomic mass is 10.2. The topological polar surface area (TPSA) is 102 Å². The molecule has 1 rings (SSSR count). The highest BCUT2D eigenvalue weighted by Gasteiger charge is 2.37. The molecule has 0 aromatic rings. The van der Waals surface area contributed by atoms with Gasteiger partial charge in [0.15, 0.2) is 18.5 Å². The van der Waals surface area contributed by atoms with E-state index >= 15 is 0 Å². The van der Waals surface area contributed by atoms with Crippen LogP contribution < -0.4 is 0 Å². The highest BCUT2D eigenvalue weighted by Crippen LogP contribution is 2.22. The summed E-state index contributed by atoms with van der Waals surface area (Å²) < 4.78 is 14.4. The normalized spacial score (nSPS) is 25.4. The SMILES string of the molecule is CC(O)OC(=O)[C@H]1CC[C@@H](C(=O)OCCO)O1. The van der Waals surface area contributed by atoms with E-state index in [4.69, 9.17) is 14.9 Å². The average Bonchev–Trinajstić information content (AvgIpc) is 2.74. The first-order valence-electron chi connectivity index (χ1n) is 5.36. The zero-order valence-electron chi connectivity index (χ0n) is 9.50. The number of hydrogen-bond acceptors (Lipinski definition) is 7. The summed E-state index contributed by atoms with van der Waals surface area (Å²) in [6.45, 7) is 0.952. The third-order valence-corrected chi connectivity index (χ3v) is 2.17. The lowest BCUT2D eigenvalue weighted by Gasteiger charge is -2.13. The minimum absolute atomic E-state index is 0.0958. The molecule has 1 unspecified atom stereocenters. The maximum Gasteiger partial charge on any atom is 0.337 e. The lowest BCUT2D eigenvalue weighted by molar-refractivity contribution is -0.179. The maximum absolute atomic E-state index is 11.3. The molecule has 0 spiro atoms. The predicted molar refractivity (Wildman–Crippen MR) is 53.7 cm³/mol. The van der Waals surface area contributed by atoms with Crippen molar-refractivity contribution in [2.75, 3.05) is 13.2 Å². The van der Waals surface area contributed by atoms with Gasteiger partial charge in [-0.15, -0.1) is 0 Å². The Balaban J connectivity index is 2.36. The fraction of sp³-hybridized carbons (Fsp3) is 0.800. The summed E-state index contributed by atoms with van der Waals surface area (Å²) in [7, 11) is 0. The molecule has 7 heteroatoms. The van der Waals surface area contributed by atoms with Gasteiger partial charge in [-0.25, -0.2) is 9.59 Å². The molecule has 1 aliphatic heterocycles. The van der Waals surface area contributed by atoms with Crippen LogP contribution in [0, 0.1) is 0 Å². The first-order chi connectivity index (χ1) is 8.04. The van der Waals surface area contributed by atoms with Gasteiger partial charge in [0.05, 0.1) is 6.61 Å². The summed E-state index contributed by atoms with van der Waals surface area (Å²) >= 11 is 0. The lowest BCUT2D eigenvalue weighted by Crippen LogP contribution is -2.30. The molecule has 0 aromatic heterocycles. The Bertz CT molecular complexity index is 276. The second-order valence-corrected chi connectivity index (χ2v) is 3.62. The quantitative estimate of drug-likeness (QED) is 0.472. The maximum atomic E-state index is 11.3. The van der Waals surface area contributed by atoms with E-state index in [9.17, 15) is 9.59 Å². The second kappa shape index (κ2) is 6.53. The third kappa shape index (κ3) is 4.29. The van der Waals surface area contributed by atoms with Gasteiger partial charge in [-0.3, -0.25) is 0 Å². The largest absolute Gasteiger partial charge is 0.461 e. The van der Waals surface area contributed by atoms with E-state index in [-0.39, 0.29) is 13.2 Å². The fourth-order valence-corrected chi connectivity index (χ4v) is 1.47. The third-order valence-electron chi connectivity index (χ3n) is 2.17. The molecule has 0 radical (unpaired) electrons. The molecule has 1 fully saturated rings. The van der Waals surface area contributed by atoms with E-state index in [0.29, 0.717) is 12.8 Å². The van der Waals surface area contributed by atoms with Crippen LogP contribution in [0.5, 0.6) is 0 Å². The van der Waals surface area contributed by atoms with E-state index in [1.54, 1.807) is 0 Å². The number of hydrogen-bond donors (Lipinski definition) is 2. The van der Waals surface area contributed by atoms with Crippen LogP contribution >= 0.6 is 0 Å². The Morgan fingerprint density at radius 3 is 2.47 bits per heavy atom. The Labute approximate surface area is 98.3 Å². The first-order valence-corrected chi connectivity index (χ1v) is 5.36. The Morgan fingerprint density at radius 2 is 1.94 bits per heavy atom. The highest BCUT2D eigenvalue weighted by molar-refractivity contribution is 5.79. The zero-order valence-corrected chi connectivity index (χ0v) is 9.50. The van der Waals surface area contributed by atoms with Gasteiger partial charge in [-0.1, -0.05) is 0 Å². The Kier molecular flexibility index (Phi) is 5.33. The fourth-order valence-electron chi connectivity index (χ4n) is 1.47. The molecule has 0 saturated carbocycles. The molecule has 1 saturated heterocycles. The van der Waals surface area contributed by atoms with Crippen molar-refractivity contribution < 1.29 is 34.0 Å². The van der Waals surface area contributed by atoms with Crippen molar-refractivity contribution in [3.05, 3.63) is 0 Å². The van der Waals surface area contributed by atoms with Gasteiger partial charge in [-0.05, 0) is 19.8 Å². The van der Waals surface area contributed by atoms with Crippen LogP contribution in [-0.4, -0.2) is 53.9 Å². The molecule has 0 aliphatic carbocycles. The number of carbonyl (C=O) groups is 2. The molecule has 0 bridgehead atoms. The van der Waals surface area contributed by atoms with Gasteiger partial charge < -0.3 is 24.4 Å². The van der Waals surface area contributed by atoms with Crippen LogP contribution in [0.1, 0.15) is 19.8 Å². The van der Waals surface area contributed by atoms with Crippen LogP contribution in [-0.2, 0) is 23.8 Å². The molecular weight excluding hydrogens is 232 g/mol. The van der Waals surface area contributed by atoms with Crippen molar-refractivity contribution in [1.29, 1.82) is 0 Å². The molecule has 1 heterocycles. The number of aliphatic hydroxyl groups is 2. The molecule has 1 aliphatic rings. The average molecular weight is 248 g/mol. The number of rotatable bonds is 5. The van der Waals surface area contributed by atoms with E-state index < -0.39 is 30.4 Å². The summed E-state index contributed by atoms with van der Waals surface area (Å²) in [5.74, 6) is -1.30. The molecule has 0 aromatic carbocycles. The standard InChI is InChI=1S/C10H16O7/c1-6(12)16-10(14)8-3-2-7(17-8)9(13)15-5-4-11/h6-8,11-12H,2-5H2,1H3/t6?,7-,8+/m0/s1. The minimum Gasteiger partial charge on any atom is -0.461 e. The molecule has 2 N–H and O–H groups in total. The minimum atomic E-state index is -1.20. The monoisotopic (exact) mass is 248 g/mol. The van der Waals surface area contributed by atoms with Crippen molar-refractivity contribution in [3.63, 3.8) is 0 Å². The van der Waals surface area contributed by atoms with Gasteiger partial charge in [0, 0.05) is 0 Å². The molecule has 7 nitrogen and oxygen atoms in total. The Hall–Kier alpha value is -1.18. The van der Waals surface area contributed by atoms with Crippen molar-refractivity contribution in [2.45, 2.75) is 38.3 Å². The van der Waals surface area contributed by atoms with Crippen LogP contribution in [0.25, 0.3) is 0 Å². The summed E-state index contributed by atoms with van der Waals surface area (Å²) in [5, 5.41) is 17.3. The second-order valence-electron chi connectivity index (χ2n) is 3.62. The van der Waals surface area contributed by atoms with Crippen molar-refractivity contribution in [1.82, 2.24) is 0 Å². The number of aliphatic hydroxyl groups excluding tert-OH is 2. The molecule has 3 atom stereocenters. The van der Waals surface area contributed by atoms with E-state index in [2.05, 4.69) is 9.47 Å². The molecule has 17 heavy (non-hydrogen) atoms. The molecular formula is C10H16O7. The summed E-state index contributed by atoms with van der Waals surface area (Å²) in [5.41, 5.74) is 0. The zero-order chi connectivity index (χ0) is 12.8. The molecule has 0 amide bonds. The highest BCUT2D eigenvalue weighted by atomic mass is 16.7. The van der Waals surface area contributed by atoms with Gasteiger partial charge in [0.1, 0.15) is 6.61 Å². The summed E-state index contributed by atoms with van der Waals surface area (Å²) in [6.07, 6.45) is -2.18. The van der Waals surface area contributed by atoms with E-state index in [0.717, 1.165) is 0 Å². The summed E-state index contributed by atoms with van der Waals surface area (Å²) in [6, 6.07) is 0. The Morgan fingerprint density at radius 1 is 1.35 bits per heavy atom. The van der Waals surface area contributed by atoms with Gasteiger partial charge >= 0.3 is 11.9 Å². The van der Waals surface area contributed by atoms with Crippen LogP contribution in [0.15, 0.2) is 0 Å². The van der Waals surface area contributed by atoms with Gasteiger partial charge in [0.2, 0.25) is 0 Å². The van der Waals surface area contributed by atoms with Gasteiger partial charge in [0.25, 0.3) is 0 Å². The van der Waals surface area contributed by atoms with Gasteiger partial charge in [-0.2, -0.15) is 0 Å². The van der Waals surface area contributed by atoms with E-state index in [1.165, 1.54) is 6.92 Å². The van der Waals surface area contributed by atoms with Crippen molar-refractivity contribution in [3.8, 4) is 0 Å². The van der Waals surface area contributed by atoms with Crippen LogP contribution in [0.2, 0.25) is 0 Å². The number of ether oxygens (including phenoxy) is 3. The number of carbonyl (C=O) groups excluding carboxylic acids is 2. The first kappa shape index (κ1) is 13.9. The summed E-state index contributed by atoms with van der Waals surface area (Å²) in [4.78, 5) is 22.7.